The number of carbonyl (C=O) groups is 1. The average Bonchev–Trinajstić information content (AvgIpc) is 3.41. The van der Waals surface area contributed by atoms with Crippen LogP contribution in [0.2, 0.25) is 0 Å². The van der Waals surface area contributed by atoms with Crippen LogP contribution in [0.4, 0.5) is 0 Å². The fraction of sp³-hybridized carbons (Fsp3) is 0.955. The van der Waals surface area contributed by atoms with E-state index in [1.165, 1.54) is 289 Å². The molecule has 0 radical (unpaired) electrons. The van der Waals surface area contributed by atoms with Crippen LogP contribution in [0.15, 0.2) is 12.2 Å². The number of aliphatic hydroxyl groups excluding tert-OH is 5. The van der Waals surface area contributed by atoms with Gasteiger partial charge in [0.1, 0.15) is 24.4 Å². The van der Waals surface area contributed by atoms with E-state index in [9.17, 15) is 30.3 Å². The third-order valence-electron chi connectivity index (χ3n) is 16.4. The molecule has 75 heavy (non-hydrogen) atoms. The van der Waals surface area contributed by atoms with Gasteiger partial charge in [-0.1, -0.05) is 334 Å². The first-order valence-corrected chi connectivity index (χ1v) is 33.4. The Morgan fingerprint density at radius 1 is 0.440 bits per heavy atom. The molecule has 0 aromatic rings. The van der Waals surface area contributed by atoms with Crippen LogP contribution in [-0.2, 0) is 14.3 Å². The van der Waals surface area contributed by atoms with Crippen LogP contribution in [-0.4, -0.2) is 87.5 Å². The summed E-state index contributed by atoms with van der Waals surface area (Å²) in [6.07, 6.45) is 64.5. The maximum absolute atomic E-state index is 13.1. The number of nitrogens with one attached hydrogen (secondary N) is 1. The van der Waals surface area contributed by atoms with Gasteiger partial charge in [-0.15, -0.1) is 0 Å². The molecule has 1 fully saturated rings. The highest BCUT2D eigenvalue weighted by molar-refractivity contribution is 5.76. The lowest BCUT2D eigenvalue weighted by Gasteiger charge is -2.40. The van der Waals surface area contributed by atoms with Gasteiger partial charge in [-0.25, -0.2) is 0 Å². The van der Waals surface area contributed by atoms with Crippen LogP contribution in [0.1, 0.15) is 348 Å². The molecule has 7 atom stereocenters. The summed E-state index contributed by atoms with van der Waals surface area (Å²) in [6.45, 7) is 3.84. The van der Waals surface area contributed by atoms with Crippen LogP contribution < -0.4 is 5.32 Å². The topological polar surface area (TPSA) is 149 Å². The molecule has 9 nitrogen and oxygen atoms in total. The number of aliphatic hydroxyl groups is 5. The lowest BCUT2D eigenvalue weighted by molar-refractivity contribution is -0.302. The fourth-order valence-corrected chi connectivity index (χ4v) is 11.1. The highest BCUT2D eigenvalue weighted by Crippen LogP contribution is 2.23. The van der Waals surface area contributed by atoms with E-state index in [1.54, 1.807) is 6.08 Å². The van der Waals surface area contributed by atoms with Gasteiger partial charge in [-0.3, -0.25) is 4.79 Å². The van der Waals surface area contributed by atoms with E-state index in [4.69, 9.17) is 9.47 Å². The number of unbranched alkanes of at least 4 members (excludes halogenated alkanes) is 49. The lowest BCUT2D eigenvalue weighted by atomic mass is 9.99. The van der Waals surface area contributed by atoms with Crippen molar-refractivity contribution in [2.45, 2.75) is 391 Å². The van der Waals surface area contributed by atoms with Gasteiger partial charge in [0.15, 0.2) is 6.29 Å². The largest absolute Gasteiger partial charge is 0.394 e. The van der Waals surface area contributed by atoms with Gasteiger partial charge >= 0.3 is 0 Å². The van der Waals surface area contributed by atoms with Gasteiger partial charge in [-0.2, -0.15) is 0 Å². The van der Waals surface area contributed by atoms with Gasteiger partial charge in [-0.05, 0) is 19.3 Å². The Morgan fingerprint density at radius 3 is 1.04 bits per heavy atom. The molecular formula is C66H129NO8. The van der Waals surface area contributed by atoms with E-state index in [1.807, 2.05) is 6.08 Å². The number of amides is 1. The van der Waals surface area contributed by atoms with Crippen LogP contribution in [0.5, 0.6) is 0 Å². The molecule has 1 aliphatic heterocycles. The summed E-state index contributed by atoms with van der Waals surface area (Å²) in [4.78, 5) is 13.1. The predicted octanol–water partition coefficient (Wildman–Crippen LogP) is 17.5. The van der Waals surface area contributed by atoms with E-state index in [2.05, 4.69) is 19.2 Å². The van der Waals surface area contributed by atoms with Crippen molar-refractivity contribution in [2.75, 3.05) is 13.2 Å². The van der Waals surface area contributed by atoms with Crippen molar-refractivity contribution in [1.29, 1.82) is 0 Å². The van der Waals surface area contributed by atoms with Gasteiger partial charge in [0.05, 0.1) is 25.4 Å². The molecule has 7 unspecified atom stereocenters. The van der Waals surface area contributed by atoms with Crippen LogP contribution >= 0.6 is 0 Å². The molecule has 0 aromatic carbocycles. The zero-order valence-corrected chi connectivity index (χ0v) is 49.8. The quantitative estimate of drug-likeness (QED) is 0.0261. The zero-order chi connectivity index (χ0) is 54.3. The normalized spacial score (nSPS) is 18.8. The van der Waals surface area contributed by atoms with Gasteiger partial charge in [0, 0.05) is 6.42 Å². The molecule has 1 saturated heterocycles. The molecule has 0 spiro atoms. The second kappa shape index (κ2) is 56.2. The Bertz CT molecular complexity index is 1190. The van der Waals surface area contributed by atoms with E-state index in [0.29, 0.717) is 6.42 Å². The maximum atomic E-state index is 13.1. The summed E-state index contributed by atoms with van der Waals surface area (Å²) >= 11 is 0. The molecule has 446 valence electrons. The average molecular weight is 1060 g/mol. The summed E-state index contributed by atoms with van der Waals surface area (Å²) in [6, 6.07) is -0.801. The van der Waals surface area contributed by atoms with Crippen LogP contribution in [0, 0.1) is 0 Å². The summed E-state index contributed by atoms with van der Waals surface area (Å²) in [5.41, 5.74) is 0. The van der Waals surface area contributed by atoms with Gasteiger partial charge in [0.25, 0.3) is 0 Å². The highest BCUT2D eigenvalue weighted by Gasteiger charge is 2.44. The number of rotatable bonds is 59. The van der Waals surface area contributed by atoms with Crippen molar-refractivity contribution in [3.05, 3.63) is 12.2 Å². The van der Waals surface area contributed by atoms with E-state index >= 15 is 0 Å². The van der Waals surface area contributed by atoms with Crippen molar-refractivity contribution < 1.29 is 39.8 Å². The SMILES string of the molecule is CCCCCCCCCCCCCCCCCCCCCCCCCCCC/C=C/C(O)C(COC1OC(CO)C(O)C(O)C1O)NC(=O)CCCCCCCCCCCCCCCCCCCCCCCCCC. The second-order valence-electron chi connectivity index (χ2n) is 23.6. The Morgan fingerprint density at radius 2 is 0.733 bits per heavy atom. The number of ether oxygens (including phenoxy) is 2. The number of hydrogen-bond donors (Lipinski definition) is 6. The molecule has 1 aliphatic rings. The molecule has 0 saturated carbocycles. The van der Waals surface area contributed by atoms with Gasteiger partial charge < -0.3 is 40.3 Å². The Hall–Kier alpha value is -1.07. The maximum Gasteiger partial charge on any atom is 0.220 e. The van der Waals surface area contributed by atoms with Crippen LogP contribution in [0.3, 0.4) is 0 Å². The first-order valence-electron chi connectivity index (χ1n) is 33.4. The molecule has 9 heteroatoms. The van der Waals surface area contributed by atoms with E-state index < -0.39 is 49.5 Å². The summed E-state index contributed by atoms with van der Waals surface area (Å²) in [5, 5.41) is 54.7. The third kappa shape index (κ3) is 45.4. The monoisotopic (exact) mass is 1060 g/mol. The molecule has 0 aliphatic carbocycles. The Balaban J connectivity index is 2.14. The molecular weight excluding hydrogens is 935 g/mol. The fourth-order valence-electron chi connectivity index (χ4n) is 11.1. The van der Waals surface area contributed by atoms with E-state index in [0.717, 1.165) is 38.5 Å². The standard InChI is InChI=1S/C66H129NO8/c1-3-5-7-9-11-13-15-17-19-21-23-25-27-29-30-31-32-33-35-37-39-41-43-45-47-49-51-53-55-60(69)59(58-74-66-65(73)64(72)63(71)61(57-68)75-66)67-62(70)56-54-52-50-48-46-44-42-40-38-36-34-28-26-24-22-20-18-16-14-12-10-8-6-4-2/h53,55,59-61,63-66,68-69,71-73H,3-52,54,56-58H2,1-2H3,(H,67,70)/b55-53+. The third-order valence-corrected chi connectivity index (χ3v) is 16.4. The number of carbonyl (C=O) groups excluding carboxylic acids is 1. The van der Waals surface area contributed by atoms with Crippen molar-refractivity contribution in [3.63, 3.8) is 0 Å². The molecule has 1 rings (SSSR count). The molecule has 1 amide bonds. The summed E-state index contributed by atoms with van der Waals surface area (Å²) in [5.74, 6) is -0.168. The molecule has 0 aromatic heterocycles. The minimum absolute atomic E-state index is 0.168. The second-order valence-corrected chi connectivity index (χ2v) is 23.6. The highest BCUT2D eigenvalue weighted by atomic mass is 16.7. The molecule has 6 N–H and O–H groups in total. The minimum Gasteiger partial charge on any atom is -0.394 e. The minimum atomic E-state index is -1.56. The summed E-state index contributed by atoms with van der Waals surface area (Å²) in [7, 11) is 0. The Kier molecular flexibility index (Phi) is 53.9. The predicted molar refractivity (Wildman–Crippen MR) is 318 cm³/mol. The molecule has 0 bridgehead atoms. The van der Waals surface area contributed by atoms with Crippen molar-refractivity contribution in [3.8, 4) is 0 Å². The van der Waals surface area contributed by atoms with Gasteiger partial charge in [0.2, 0.25) is 5.91 Å². The van der Waals surface area contributed by atoms with Crippen molar-refractivity contribution >= 4 is 5.91 Å². The van der Waals surface area contributed by atoms with E-state index in [-0.39, 0.29) is 12.5 Å². The van der Waals surface area contributed by atoms with Crippen molar-refractivity contribution in [2.24, 2.45) is 0 Å². The summed E-state index contributed by atoms with van der Waals surface area (Å²) < 4.78 is 11.3. The molecule has 1 heterocycles. The zero-order valence-electron chi connectivity index (χ0n) is 49.8. The lowest BCUT2D eigenvalue weighted by Crippen LogP contribution is -2.60. The first-order chi connectivity index (χ1) is 36.8. The smallest absolute Gasteiger partial charge is 0.220 e. The number of hydrogen-bond acceptors (Lipinski definition) is 8. The number of allylic oxidation sites excluding steroid dienone is 1. The first kappa shape index (κ1) is 71.9. The van der Waals surface area contributed by atoms with Crippen LogP contribution in [0.25, 0.3) is 0 Å². The van der Waals surface area contributed by atoms with Crippen molar-refractivity contribution in [1.82, 2.24) is 5.32 Å². The Labute approximate surface area is 465 Å².